The molecule has 1 aliphatic heterocycles. The van der Waals surface area contributed by atoms with Crippen LogP contribution < -0.4 is 5.32 Å². The van der Waals surface area contributed by atoms with Crippen molar-refractivity contribution < 1.29 is 4.79 Å². The Morgan fingerprint density at radius 2 is 2.33 bits per heavy atom. The summed E-state index contributed by atoms with van der Waals surface area (Å²) in [6.45, 7) is 5.66. The Hall–Kier alpha value is -1.12. The van der Waals surface area contributed by atoms with E-state index in [0.29, 0.717) is 0 Å². The van der Waals surface area contributed by atoms with Gasteiger partial charge in [0.15, 0.2) is 0 Å². The summed E-state index contributed by atoms with van der Waals surface area (Å²) in [6.07, 6.45) is 2.75. The average molecular weight is 166 g/mol. The van der Waals surface area contributed by atoms with Crippen molar-refractivity contribution in [3.05, 3.63) is 11.8 Å². The van der Waals surface area contributed by atoms with Gasteiger partial charge in [0.2, 0.25) is 5.91 Å². The van der Waals surface area contributed by atoms with Crippen molar-refractivity contribution in [2.45, 2.75) is 27.2 Å². The molecule has 1 aliphatic rings. The molecule has 0 aliphatic carbocycles. The van der Waals surface area contributed by atoms with E-state index in [2.05, 4.69) is 10.3 Å². The van der Waals surface area contributed by atoms with Crippen LogP contribution in [0.3, 0.4) is 0 Å². The molecule has 0 aromatic rings. The molecule has 0 aromatic heterocycles. The van der Waals surface area contributed by atoms with E-state index in [4.69, 9.17) is 0 Å². The Balaban J connectivity index is 2.45. The molecule has 0 saturated carbocycles. The third kappa shape index (κ3) is 2.19. The maximum atomic E-state index is 11.2. The van der Waals surface area contributed by atoms with Crippen molar-refractivity contribution in [3.8, 4) is 0 Å². The molecule has 1 amide bonds. The second-order valence-corrected chi connectivity index (χ2v) is 3.25. The van der Waals surface area contributed by atoms with Gasteiger partial charge in [0.25, 0.3) is 0 Å². The fraction of sp³-hybridized carbons (Fsp3) is 0.556. The van der Waals surface area contributed by atoms with Gasteiger partial charge in [-0.2, -0.15) is 0 Å². The highest BCUT2D eigenvalue weighted by atomic mass is 16.1. The van der Waals surface area contributed by atoms with Crippen LogP contribution in [-0.2, 0) is 4.79 Å². The number of carbonyl (C=O) groups excluding carboxylic acids is 1. The molecule has 0 radical (unpaired) electrons. The minimum Gasteiger partial charge on any atom is -0.314 e. The quantitative estimate of drug-likeness (QED) is 0.629. The zero-order valence-electron chi connectivity index (χ0n) is 7.72. The highest BCUT2D eigenvalue weighted by Crippen LogP contribution is 2.07. The second-order valence-electron chi connectivity index (χ2n) is 3.25. The summed E-state index contributed by atoms with van der Waals surface area (Å²) >= 11 is 0. The minimum atomic E-state index is 0.0219. The summed E-state index contributed by atoms with van der Waals surface area (Å²) < 4.78 is 0. The number of hydrogen-bond donors (Lipinski definition) is 1. The zero-order valence-corrected chi connectivity index (χ0v) is 7.72. The van der Waals surface area contributed by atoms with Gasteiger partial charge in [0.05, 0.1) is 0 Å². The van der Waals surface area contributed by atoms with Crippen LogP contribution in [0.15, 0.2) is 16.8 Å². The molecular weight excluding hydrogens is 152 g/mol. The molecule has 3 nitrogen and oxygen atoms in total. The van der Waals surface area contributed by atoms with Crippen molar-refractivity contribution in [1.82, 2.24) is 5.32 Å². The predicted molar refractivity (Wildman–Crippen MR) is 48.8 cm³/mol. The van der Waals surface area contributed by atoms with Gasteiger partial charge in [-0.05, 0) is 6.92 Å². The first kappa shape index (κ1) is 8.97. The van der Waals surface area contributed by atoms with Gasteiger partial charge in [-0.25, -0.2) is 4.99 Å². The van der Waals surface area contributed by atoms with E-state index in [1.165, 1.54) is 0 Å². The molecule has 1 heterocycles. The number of carbonyl (C=O) groups is 1. The molecule has 0 spiro atoms. The number of nitrogens with zero attached hydrogens (tertiary/aromatic N) is 1. The van der Waals surface area contributed by atoms with Gasteiger partial charge in [0.1, 0.15) is 5.84 Å². The molecule has 0 unspecified atom stereocenters. The van der Waals surface area contributed by atoms with Crippen molar-refractivity contribution in [3.63, 3.8) is 0 Å². The smallest absolute Gasteiger partial charge is 0.227 e. The van der Waals surface area contributed by atoms with E-state index < -0.39 is 0 Å². The van der Waals surface area contributed by atoms with Crippen molar-refractivity contribution >= 4 is 11.7 Å². The third-order valence-electron chi connectivity index (χ3n) is 1.69. The summed E-state index contributed by atoms with van der Waals surface area (Å²) in [5.41, 5.74) is 0.981. The monoisotopic (exact) mass is 166 g/mol. The fourth-order valence-corrected chi connectivity index (χ4v) is 0.914. The lowest BCUT2D eigenvalue weighted by Gasteiger charge is -2.05. The number of rotatable bonds is 1. The van der Waals surface area contributed by atoms with Crippen LogP contribution in [0.5, 0.6) is 0 Å². The summed E-state index contributed by atoms with van der Waals surface area (Å²) in [5.74, 6) is 0.830. The first-order chi connectivity index (χ1) is 5.59. The number of nitrogens with one attached hydrogen (secondary N) is 1. The maximum absolute atomic E-state index is 11.2. The Labute approximate surface area is 72.6 Å². The van der Waals surface area contributed by atoms with Gasteiger partial charge in [-0.1, -0.05) is 19.9 Å². The van der Waals surface area contributed by atoms with Crippen LogP contribution in [0.25, 0.3) is 0 Å². The van der Waals surface area contributed by atoms with Crippen LogP contribution in [0.2, 0.25) is 0 Å². The number of amidine groups is 1. The largest absolute Gasteiger partial charge is 0.314 e. The Kier molecular flexibility index (Phi) is 2.63. The highest BCUT2D eigenvalue weighted by Gasteiger charge is 2.11. The normalized spacial score (nSPS) is 16.0. The standard InChI is InChI=1S/C9H14N2O/c1-6(2)9(12)11-8-5-4-7(3)10-8/h4,6H,5H2,1-3H3,(H,10,11,12). The molecule has 3 heteroatoms. The Bertz CT molecular complexity index is 251. The highest BCUT2D eigenvalue weighted by molar-refractivity contribution is 6.00. The number of hydrogen-bond acceptors (Lipinski definition) is 2. The van der Waals surface area contributed by atoms with Gasteiger partial charge < -0.3 is 5.32 Å². The van der Waals surface area contributed by atoms with E-state index in [1.54, 1.807) is 0 Å². The second kappa shape index (κ2) is 3.52. The molecule has 0 fully saturated rings. The van der Waals surface area contributed by atoms with E-state index in [-0.39, 0.29) is 11.8 Å². The van der Waals surface area contributed by atoms with Crippen LogP contribution in [0.4, 0.5) is 0 Å². The minimum absolute atomic E-state index is 0.0219. The summed E-state index contributed by atoms with van der Waals surface area (Å²) in [5, 5.41) is 2.77. The molecular formula is C9H14N2O. The lowest BCUT2D eigenvalue weighted by atomic mass is 10.2. The molecule has 0 saturated heterocycles. The van der Waals surface area contributed by atoms with Gasteiger partial charge in [-0.3, -0.25) is 4.79 Å². The van der Waals surface area contributed by atoms with E-state index in [1.807, 2.05) is 26.8 Å². The molecule has 0 atom stereocenters. The lowest BCUT2D eigenvalue weighted by molar-refractivity contribution is -0.122. The van der Waals surface area contributed by atoms with Gasteiger partial charge in [-0.15, -0.1) is 0 Å². The molecule has 1 rings (SSSR count). The van der Waals surface area contributed by atoms with Crippen LogP contribution in [-0.4, -0.2) is 11.7 Å². The third-order valence-corrected chi connectivity index (χ3v) is 1.69. The molecule has 12 heavy (non-hydrogen) atoms. The SMILES string of the molecule is CC1=CCC(NC(=O)C(C)C)=N1. The van der Waals surface area contributed by atoms with Crippen molar-refractivity contribution in [2.24, 2.45) is 10.9 Å². The van der Waals surface area contributed by atoms with Gasteiger partial charge in [0, 0.05) is 18.0 Å². The molecule has 66 valence electrons. The molecule has 1 N–H and O–H groups in total. The Morgan fingerprint density at radius 3 is 2.75 bits per heavy atom. The first-order valence-corrected chi connectivity index (χ1v) is 4.15. The summed E-state index contributed by atoms with van der Waals surface area (Å²) in [7, 11) is 0. The van der Waals surface area contributed by atoms with E-state index in [9.17, 15) is 4.79 Å². The predicted octanol–water partition coefficient (Wildman–Crippen LogP) is 1.46. The zero-order chi connectivity index (χ0) is 9.14. The Morgan fingerprint density at radius 1 is 1.67 bits per heavy atom. The van der Waals surface area contributed by atoms with Crippen LogP contribution in [0, 0.1) is 5.92 Å². The molecule has 0 bridgehead atoms. The summed E-state index contributed by atoms with van der Waals surface area (Å²) in [6, 6.07) is 0. The van der Waals surface area contributed by atoms with Crippen LogP contribution >= 0.6 is 0 Å². The topological polar surface area (TPSA) is 41.5 Å². The molecule has 0 aromatic carbocycles. The maximum Gasteiger partial charge on any atom is 0.227 e. The van der Waals surface area contributed by atoms with Crippen molar-refractivity contribution in [2.75, 3.05) is 0 Å². The van der Waals surface area contributed by atoms with E-state index >= 15 is 0 Å². The van der Waals surface area contributed by atoms with Crippen molar-refractivity contribution in [1.29, 1.82) is 0 Å². The summed E-state index contributed by atoms with van der Waals surface area (Å²) in [4.78, 5) is 15.3. The fourth-order valence-electron chi connectivity index (χ4n) is 0.914. The number of aliphatic imine (C=N–C) groups is 1. The lowest BCUT2D eigenvalue weighted by Crippen LogP contribution is -2.32. The van der Waals surface area contributed by atoms with Gasteiger partial charge >= 0.3 is 0 Å². The number of amides is 1. The van der Waals surface area contributed by atoms with E-state index in [0.717, 1.165) is 18.0 Å². The van der Waals surface area contributed by atoms with Crippen LogP contribution in [0.1, 0.15) is 27.2 Å². The first-order valence-electron chi connectivity index (χ1n) is 4.15. The number of allylic oxidation sites excluding steroid dienone is 1. The average Bonchev–Trinajstić information content (AvgIpc) is 2.35.